The molecule has 4 atom stereocenters. The maximum Gasteiger partial charge on any atom is 0.235 e. The molecule has 8 heteroatoms. The Kier molecular flexibility index (Phi) is 7.07. The molecular weight excluding hydrogens is 460 g/mol. The van der Waals surface area contributed by atoms with Crippen molar-refractivity contribution >= 4 is 29.0 Å². The van der Waals surface area contributed by atoms with Gasteiger partial charge in [-0.25, -0.2) is 0 Å². The zero-order valence-corrected chi connectivity index (χ0v) is 20.0. The molecule has 0 unspecified atom stereocenters. The second-order valence-electron chi connectivity index (χ2n) is 9.12. The van der Waals surface area contributed by atoms with Gasteiger partial charge in [0.1, 0.15) is 11.7 Å². The molecule has 2 amide bonds. The number of phenolic OH excluding ortho intramolecular Hbond substituents is 1. The summed E-state index contributed by atoms with van der Waals surface area (Å²) in [6.45, 7) is 1.43. The van der Waals surface area contributed by atoms with Crippen molar-refractivity contribution < 1.29 is 29.3 Å². The Morgan fingerprint density at radius 1 is 0.917 bits per heavy atom. The number of nitrogens with one attached hydrogen (secondary N) is 2. The Morgan fingerprint density at radius 3 is 2.03 bits per heavy atom. The number of ketones is 1. The number of carbonyl (C=O) groups is 3. The molecule has 0 spiro atoms. The molecule has 36 heavy (non-hydrogen) atoms. The average molecular weight is 489 g/mol. The predicted octanol–water partition coefficient (Wildman–Crippen LogP) is 3.72. The van der Waals surface area contributed by atoms with Crippen molar-refractivity contribution in [2.24, 2.45) is 11.8 Å². The molecule has 0 bridgehead atoms. The predicted molar refractivity (Wildman–Crippen MR) is 135 cm³/mol. The lowest BCUT2D eigenvalue weighted by atomic mass is 9.61. The van der Waals surface area contributed by atoms with Gasteiger partial charge in [0.05, 0.1) is 18.6 Å². The van der Waals surface area contributed by atoms with Crippen LogP contribution in [0.15, 0.2) is 78.9 Å². The van der Waals surface area contributed by atoms with Gasteiger partial charge in [0.25, 0.3) is 0 Å². The van der Waals surface area contributed by atoms with Crippen LogP contribution in [0.25, 0.3) is 0 Å². The Bertz CT molecular complexity index is 1260. The van der Waals surface area contributed by atoms with E-state index in [-0.39, 0.29) is 17.9 Å². The number of hydrogen-bond donors (Lipinski definition) is 4. The second kappa shape index (κ2) is 10.2. The van der Waals surface area contributed by atoms with Crippen LogP contribution in [0, 0.1) is 11.8 Å². The summed E-state index contributed by atoms with van der Waals surface area (Å²) in [5, 5.41) is 27.1. The first-order valence-corrected chi connectivity index (χ1v) is 11.5. The molecule has 4 rings (SSSR count). The highest BCUT2D eigenvalue weighted by Gasteiger charge is 2.56. The molecule has 3 aromatic carbocycles. The molecule has 0 heterocycles. The number of aromatic hydroxyl groups is 1. The fraction of sp³-hybridized carbons (Fsp3) is 0.250. The van der Waals surface area contributed by atoms with Crippen LogP contribution in [0.4, 0.5) is 11.4 Å². The van der Waals surface area contributed by atoms with Crippen molar-refractivity contribution in [1.82, 2.24) is 0 Å². The number of rotatable bonds is 6. The topological polar surface area (TPSA) is 125 Å². The lowest BCUT2D eigenvalue weighted by Gasteiger charge is -2.44. The number of methoxy groups -OCH3 is 1. The highest BCUT2D eigenvalue weighted by molar-refractivity contribution is 6.10. The lowest BCUT2D eigenvalue weighted by molar-refractivity contribution is -0.150. The Balaban J connectivity index is 1.81. The largest absolute Gasteiger partial charge is 0.504 e. The van der Waals surface area contributed by atoms with Crippen LogP contribution in [0.2, 0.25) is 0 Å². The van der Waals surface area contributed by atoms with Crippen LogP contribution in [0.5, 0.6) is 11.5 Å². The first-order chi connectivity index (χ1) is 17.2. The molecule has 1 aliphatic rings. The Morgan fingerprint density at radius 2 is 1.47 bits per heavy atom. The SMILES string of the molecule is COc1cc([C@H]2[C@@H](C(=O)Nc3ccccc3)C(=O)C[C@](C)(O)[C@H]2C(=O)Nc2ccccc2)ccc1O. The van der Waals surface area contributed by atoms with Crippen molar-refractivity contribution in [3.63, 3.8) is 0 Å². The average Bonchev–Trinajstić information content (AvgIpc) is 2.84. The van der Waals surface area contributed by atoms with E-state index in [4.69, 9.17) is 4.74 Å². The van der Waals surface area contributed by atoms with Gasteiger partial charge in [-0.15, -0.1) is 0 Å². The van der Waals surface area contributed by atoms with Crippen LogP contribution in [0.1, 0.15) is 24.8 Å². The molecule has 0 aliphatic heterocycles. The molecule has 1 aliphatic carbocycles. The van der Waals surface area contributed by atoms with Gasteiger partial charge in [-0.1, -0.05) is 42.5 Å². The minimum atomic E-state index is -1.74. The summed E-state index contributed by atoms with van der Waals surface area (Å²) in [7, 11) is 1.38. The fourth-order valence-corrected chi connectivity index (χ4v) is 4.88. The number of para-hydroxylation sites is 2. The van der Waals surface area contributed by atoms with E-state index in [9.17, 15) is 24.6 Å². The quantitative estimate of drug-likeness (QED) is 0.392. The van der Waals surface area contributed by atoms with Gasteiger partial charge in [0.2, 0.25) is 11.8 Å². The molecule has 8 nitrogen and oxygen atoms in total. The molecule has 0 saturated heterocycles. The monoisotopic (exact) mass is 488 g/mol. The van der Waals surface area contributed by atoms with Gasteiger partial charge < -0.3 is 25.6 Å². The van der Waals surface area contributed by atoms with E-state index in [0.29, 0.717) is 16.9 Å². The molecule has 4 N–H and O–H groups in total. The number of hydrogen-bond acceptors (Lipinski definition) is 6. The molecule has 0 radical (unpaired) electrons. The number of amides is 2. The molecule has 1 saturated carbocycles. The first-order valence-electron chi connectivity index (χ1n) is 11.5. The lowest BCUT2D eigenvalue weighted by Crippen LogP contribution is -2.56. The van der Waals surface area contributed by atoms with Crippen LogP contribution in [0.3, 0.4) is 0 Å². The summed E-state index contributed by atoms with van der Waals surface area (Å²) in [4.78, 5) is 40.5. The van der Waals surface area contributed by atoms with Gasteiger partial charge >= 0.3 is 0 Å². The highest BCUT2D eigenvalue weighted by atomic mass is 16.5. The van der Waals surface area contributed by atoms with Crippen LogP contribution < -0.4 is 15.4 Å². The van der Waals surface area contributed by atoms with Gasteiger partial charge in [-0.05, 0) is 48.9 Å². The molecule has 1 fully saturated rings. The standard InChI is InChI=1S/C28H28N2O6/c1-28(35)16-21(32)24(26(33)29-18-9-5-3-6-10-18)23(17-13-14-20(31)22(15-17)36-2)25(28)27(34)30-19-11-7-4-8-12-19/h3-15,23-25,31,35H,16H2,1-2H3,(H,29,33)(H,30,34)/t23-,24-,25+,28-/m0/s1. The fourth-order valence-electron chi connectivity index (χ4n) is 4.88. The maximum atomic E-state index is 13.6. The van der Waals surface area contributed by atoms with Crippen molar-refractivity contribution in [3.05, 3.63) is 84.4 Å². The number of phenols is 1. The smallest absolute Gasteiger partial charge is 0.235 e. The van der Waals surface area contributed by atoms with Gasteiger partial charge in [-0.3, -0.25) is 14.4 Å². The molecular formula is C28H28N2O6. The van der Waals surface area contributed by atoms with Crippen LogP contribution in [-0.2, 0) is 14.4 Å². The third-order valence-corrected chi connectivity index (χ3v) is 6.50. The van der Waals surface area contributed by atoms with E-state index < -0.39 is 41.0 Å². The van der Waals surface area contributed by atoms with Crippen LogP contribution >= 0.6 is 0 Å². The Hall–Kier alpha value is -4.17. The summed E-state index contributed by atoms with van der Waals surface area (Å²) >= 11 is 0. The van der Waals surface area contributed by atoms with Crippen molar-refractivity contribution in [1.29, 1.82) is 0 Å². The van der Waals surface area contributed by atoms with Crippen molar-refractivity contribution in [2.45, 2.75) is 24.9 Å². The number of aliphatic hydroxyl groups is 1. The van der Waals surface area contributed by atoms with E-state index >= 15 is 0 Å². The van der Waals surface area contributed by atoms with E-state index in [1.165, 1.54) is 32.2 Å². The van der Waals surface area contributed by atoms with Crippen molar-refractivity contribution in [2.75, 3.05) is 17.7 Å². The van der Waals surface area contributed by atoms with E-state index in [1.807, 2.05) is 0 Å². The Labute approximate surface area is 208 Å². The summed E-state index contributed by atoms with van der Waals surface area (Å²) < 4.78 is 5.24. The number of benzene rings is 3. The third kappa shape index (κ3) is 5.08. The zero-order chi connectivity index (χ0) is 25.9. The maximum absolute atomic E-state index is 13.6. The first kappa shape index (κ1) is 24.9. The van der Waals surface area contributed by atoms with E-state index in [2.05, 4.69) is 10.6 Å². The summed E-state index contributed by atoms with van der Waals surface area (Å²) in [5.41, 5.74) is -0.322. The summed E-state index contributed by atoms with van der Waals surface area (Å²) in [6.07, 6.45) is -0.377. The summed E-state index contributed by atoms with van der Waals surface area (Å²) in [6, 6.07) is 21.8. The number of ether oxygens (including phenoxy) is 1. The number of anilines is 2. The number of Topliss-reactive ketones (excluding diaryl/α,β-unsaturated/α-hetero) is 1. The normalized spacial score (nSPS) is 23.5. The van der Waals surface area contributed by atoms with Gasteiger partial charge in [-0.2, -0.15) is 0 Å². The van der Waals surface area contributed by atoms with E-state index in [0.717, 1.165) is 0 Å². The highest BCUT2D eigenvalue weighted by Crippen LogP contribution is 2.47. The minimum absolute atomic E-state index is 0.120. The zero-order valence-electron chi connectivity index (χ0n) is 20.0. The molecule has 186 valence electrons. The summed E-state index contributed by atoms with van der Waals surface area (Å²) in [5.74, 6) is -5.11. The number of carbonyl (C=O) groups excluding carboxylic acids is 3. The van der Waals surface area contributed by atoms with Crippen molar-refractivity contribution in [3.8, 4) is 11.5 Å². The minimum Gasteiger partial charge on any atom is -0.504 e. The van der Waals surface area contributed by atoms with Gasteiger partial charge in [0, 0.05) is 23.7 Å². The molecule has 3 aromatic rings. The van der Waals surface area contributed by atoms with Gasteiger partial charge in [0.15, 0.2) is 11.5 Å². The molecule has 0 aromatic heterocycles. The van der Waals surface area contributed by atoms with E-state index in [1.54, 1.807) is 60.7 Å². The third-order valence-electron chi connectivity index (χ3n) is 6.50. The van der Waals surface area contributed by atoms with Crippen LogP contribution in [-0.4, -0.2) is 40.5 Å². The second-order valence-corrected chi connectivity index (χ2v) is 9.12.